The van der Waals surface area contributed by atoms with Gasteiger partial charge < -0.3 is 10.5 Å². The highest BCUT2D eigenvalue weighted by molar-refractivity contribution is 4.83. The Morgan fingerprint density at radius 1 is 1.21 bits per heavy atom. The summed E-state index contributed by atoms with van der Waals surface area (Å²) in [6, 6.07) is 0. The third-order valence-corrected chi connectivity index (χ3v) is 3.55. The fraction of sp³-hybridized carbons (Fsp3) is 1.00. The molecule has 0 bridgehead atoms. The first-order valence-electron chi connectivity index (χ1n) is 6.11. The van der Waals surface area contributed by atoms with Gasteiger partial charge >= 0.3 is 0 Å². The van der Waals surface area contributed by atoms with Crippen molar-refractivity contribution < 1.29 is 4.74 Å². The van der Waals surface area contributed by atoms with E-state index in [1.807, 2.05) is 0 Å². The van der Waals surface area contributed by atoms with Crippen LogP contribution in [0, 0.1) is 5.41 Å². The fourth-order valence-electron chi connectivity index (χ4n) is 2.55. The van der Waals surface area contributed by atoms with Crippen LogP contribution >= 0.6 is 0 Å². The molecule has 0 aromatic rings. The van der Waals surface area contributed by atoms with Gasteiger partial charge in [-0.25, -0.2) is 0 Å². The number of rotatable bonds is 6. The van der Waals surface area contributed by atoms with Crippen LogP contribution in [0.3, 0.4) is 0 Å². The van der Waals surface area contributed by atoms with E-state index in [0.29, 0.717) is 5.41 Å². The summed E-state index contributed by atoms with van der Waals surface area (Å²) in [4.78, 5) is 0. The molecule has 1 aliphatic rings. The normalized spacial score (nSPS) is 21.0. The minimum Gasteiger partial charge on any atom is -0.382 e. The summed E-state index contributed by atoms with van der Waals surface area (Å²) in [5.41, 5.74) is 6.38. The van der Waals surface area contributed by atoms with Crippen molar-refractivity contribution in [3.8, 4) is 0 Å². The van der Waals surface area contributed by atoms with E-state index in [0.717, 1.165) is 19.8 Å². The van der Waals surface area contributed by atoms with Crippen LogP contribution in [0.1, 0.15) is 51.9 Å². The zero-order chi connectivity index (χ0) is 10.3. The maximum Gasteiger partial charge on any atom is 0.0466 e. The first kappa shape index (κ1) is 12.0. The molecule has 1 fully saturated rings. The lowest BCUT2D eigenvalue weighted by Gasteiger charge is -2.36. The van der Waals surface area contributed by atoms with E-state index < -0.39 is 0 Å². The zero-order valence-electron chi connectivity index (χ0n) is 9.56. The van der Waals surface area contributed by atoms with Crippen molar-refractivity contribution in [3.63, 3.8) is 0 Å². The lowest BCUT2D eigenvalue weighted by molar-refractivity contribution is 0.114. The van der Waals surface area contributed by atoms with Gasteiger partial charge in [-0.05, 0) is 44.6 Å². The van der Waals surface area contributed by atoms with Crippen LogP contribution in [-0.2, 0) is 4.74 Å². The van der Waals surface area contributed by atoms with Gasteiger partial charge in [0.05, 0.1) is 0 Å². The quantitative estimate of drug-likeness (QED) is 0.668. The zero-order valence-corrected chi connectivity index (χ0v) is 9.56. The summed E-state index contributed by atoms with van der Waals surface area (Å²) in [5.74, 6) is 0. The van der Waals surface area contributed by atoms with Gasteiger partial charge in [0.1, 0.15) is 0 Å². The molecule has 84 valence electrons. The van der Waals surface area contributed by atoms with E-state index in [4.69, 9.17) is 10.5 Å². The van der Waals surface area contributed by atoms with Crippen molar-refractivity contribution in [2.24, 2.45) is 11.1 Å². The fourth-order valence-corrected chi connectivity index (χ4v) is 2.55. The van der Waals surface area contributed by atoms with Gasteiger partial charge in [-0.2, -0.15) is 0 Å². The maximum atomic E-state index is 5.91. The van der Waals surface area contributed by atoms with Crippen molar-refractivity contribution in [3.05, 3.63) is 0 Å². The van der Waals surface area contributed by atoms with Gasteiger partial charge in [0.25, 0.3) is 0 Å². The molecule has 0 unspecified atom stereocenters. The van der Waals surface area contributed by atoms with Crippen LogP contribution in [0.15, 0.2) is 0 Å². The molecule has 1 saturated carbocycles. The van der Waals surface area contributed by atoms with Crippen LogP contribution in [0.2, 0.25) is 0 Å². The highest BCUT2D eigenvalue weighted by atomic mass is 16.5. The summed E-state index contributed by atoms with van der Waals surface area (Å²) in [5, 5.41) is 0. The second-order valence-electron chi connectivity index (χ2n) is 4.57. The summed E-state index contributed by atoms with van der Waals surface area (Å²) in [6.07, 6.45) is 9.31. The molecule has 0 heterocycles. The topological polar surface area (TPSA) is 35.2 Å². The van der Waals surface area contributed by atoms with E-state index in [2.05, 4.69) is 6.92 Å². The first-order chi connectivity index (χ1) is 6.83. The third kappa shape index (κ3) is 3.58. The van der Waals surface area contributed by atoms with Crippen molar-refractivity contribution in [1.82, 2.24) is 0 Å². The Morgan fingerprint density at radius 2 is 1.93 bits per heavy atom. The standard InChI is InChI=1S/C12H25NO/c1-2-14-10-6-9-12(11-13)7-4-3-5-8-12/h2-11,13H2,1H3. The number of hydrogen-bond acceptors (Lipinski definition) is 2. The Balaban J connectivity index is 2.22. The molecular formula is C12H25NO. The number of ether oxygens (including phenoxy) is 1. The molecule has 0 spiro atoms. The van der Waals surface area contributed by atoms with Crippen LogP contribution in [0.4, 0.5) is 0 Å². The summed E-state index contributed by atoms with van der Waals surface area (Å²) in [6.45, 7) is 4.69. The largest absolute Gasteiger partial charge is 0.382 e. The van der Waals surface area contributed by atoms with Gasteiger partial charge in [0.2, 0.25) is 0 Å². The first-order valence-corrected chi connectivity index (χ1v) is 6.11. The molecule has 0 amide bonds. The summed E-state index contributed by atoms with van der Waals surface area (Å²) < 4.78 is 5.37. The molecule has 0 aromatic carbocycles. The maximum absolute atomic E-state index is 5.91. The average molecular weight is 199 g/mol. The van der Waals surface area contributed by atoms with Crippen LogP contribution in [-0.4, -0.2) is 19.8 Å². The summed E-state index contributed by atoms with van der Waals surface area (Å²) in [7, 11) is 0. The molecule has 1 aliphatic carbocycles. The predicted molar refractivity (Wildman–Crippen MR) is 60.3 cm³/mol. The van der Waals surface area contributed by atoms with Gasteiger partial charge in [-0.1, -0.05) is 19.3 Å². The highest BCUT2D eigenvalue weighted by Crippen LogP contribution is 2.39. The minimum absolute atomic E-state index is 0.468. The molecule has 0 aliphatic heterocycles. The molecule has 2 nitrogen and oxygen atoms in total. The molecule has 2 heteroatoms. The van der Waals surface area contributed by atoms with Gasteiger partial charge in [-0.3, -0.25) is 0 Å². The lowest BCUT2D eigenvalue weighted by Crippen LogP contribution is -2.33. The average Bonchev–Trinajstić information content (AvgIpc) is 2.26. The summed E-state index contributed by atoms with van der Waals surface area (Å²) >= 11 is 0. The Morgan fingerprint density at radius 3 is 2.50 bits per heavy atom. The smallest absolute Gasteiger partial charge is 0.0466 e. The van der Waals surface area contributed by atoms with Crippen molar-refractivity contribution in [2.75, 3.05) is 19.8 Å². The molecule has 0 aromatic heterocycles. The molecule has 0 radical (unpaired) electrons. The monoisotopic (exact) mass is 199 g/mol. The van der Waals surface area contributed by atoms with Crippen LogP contribution in [0.5, 0.6) is 0 Å². The highest BCUT2D eigenvalue weighted by Gasteiger charge is 2.29. The van der Waals surface area contributed by atoms with Crippen molar-refractivity contribution >= 4 is 0 Å². The Labute approximate surface area is 88.2 Å². The van der Waals surface area contributed by atoms with E-state index >= 15 is 0 Å². The second-order valence-corrected chi connectivity index (χ2v) is 4.57. The molecule has 0 atom stereocenters. The van der Waals surface area contributed by atoms with Gasteiger partial charge in [-0.15, -0.1) is 0 Å². The molecule has 2 N–H and O–H groups in total. The molecule has 1 rings (SSSR count). The van der Waals surface area contributed by atoms with Crippen molar-refractivity contribution in [1.29, 1.82) is 0 Å². The molecule has 0 saturated heterocycles. The predicted octanol–water partition coefficient (Wildman–Crippen LogP) is 2.71. The molecular weight excluding hydrogens is 174 g/mol. The Bertz CT molecular complexity index is 141. The van der Waals surface area contributed by atoms with Crippen LogP contribution in [0.25, 0.3) is 0 Å². The SMILES string of the molecule is CCOCCCC1(CN)CCCCC1. The Kier molecular flexibility index (Phi) is 5.49. The number of nitrogens with two attached hydrogens (primary N) is 1. The van der Waals surface area contributed by atoms with Gasteiger partial charge in [0.15, 0.2) is 0 Å². The van der Waals surface area contributed by atoms with E-state index in [-0.39, 0.29) is 0 Å². The van der Waals surface area contributed by atoms with Crippen LogP contribution < -0.4 is 5.73 Å². The van der Waals surface area contributed by atoms with Crippen molar-refractivity contribution in [2.45, 2.75) is 51.9 Å². The van der Waals surface area contributed by atoms with E-state index in [9.17, 15) is 0 Å². The second kappa shape index (κ2) is 6.41. The van der Waals surface area contributed by atoms with E-state index in [1.165, 1.54) is 44.9 Å². The van der Waals surface area contributed by atoms with Gasteiger partial charge in [0, 0.05) is 13.2 Å². The Hall–Kier alpha value is -0.0800. The number of hydrogen-bond donors (Lipinski definition) is 1. The molecule has 14 heavy (non-hydrogen) atoms. The van der Waals surface area contributed by atoms with E-state index in [1.54, 1.807) is 0 Å². The lowest BCUT2D eigenvalue weighted by atomic mass is 9.71. The minimum atomic E-state index is 0.468. The third-order valence-electron chi connectivity index (χ3n) is 3.55.